The lowest BCUT2D eigenvalue weighted by Gasteiger charge is -2.44. The van der Waals surface area contributed by atoms with Crippen LogP contribution in [0.5, 0.6) is 0 Å². The Morgan fingerprint density at radius 1 is 1.38 bits per heavy atom. The predicted molar refractivity (Wildman–Crippen MR) is 112 cm³/mol. The molecule has 0 radical (unpaired) electrons. The maximum absolute atomic E-state index is 12.9. The minimum absolute atomic E-state index is 0.0577. The summed E-state index contributed by atoms with van der Waals surface area (Å²) in [6, 6.07) is 4.97. The summed E-state index contributed by atoms with van der Waals surface area (Å²) in [5, 5.41) is 23.2. The minimum atomic E-state index is -1.65. The maximum Gasteiger partial charge on any atom is 0.356 e. The Morgan fingerprint density at radius 2 is 2.03 bits per heavy atom. The number of carbonyl (C=O) groups is 3. The number of non-ortho nitro benzene ring substituents is 1. The number of nitro benzene ring substituents is 1. The van der Waals surface area contributed by atoms with Crippen molar-refractivity contribution in [2.24, 2.45) is 5.92 Å². The fourth-order valence-corrected chi connectivity index (χ4v) is 5.09. The van der Waals surface area contributed by atoms with Gasteiger partial charge in [-0.25, -0.2) is 4.79 Å². The Hall–Kier alpha value is -3.12. The first-order valence-corrected chi connectivity index (χ1v) is 11.2. The van der Waals surface area contributed by atoms with Crippen LogP contribution in [0.1, 0.15) is 25.8 Å². The van der Waals surface area contributed by atoms with E-state index >= 15 is 0 Å². The lowest BCUT2D eigenvalue weighted by Crippen LogP contribution is -2.61. The fourth-order valence-electron chi connectivity index (χ4n) is 3.80. The molecule has 11 nitrogen and oxygen atoms in total. The molecule has 0 aliphatic carbocycles. The molecule has 32 heavy (non-hydrogen) atoms. The third kappa shape index (κ3) is 4.70. The highest BCUT2D eigenvalue weighted by Gasteiger charge is 2.57. The van der Waals surface area contributed by atoms with Gasteiger partial charge in [-0.2, -0.15) is 0 Å². The summed E-state index contributed by atoms with van der Waals surface area (Å²) in [6.07, 6.45) is -0.760. The molecule has 172 valence electrons. The number of aliphatic hydroxyl groups excluding tert-OH is 1. The van der Waals surface area contributed by atoms with Gasteiger partial charge in [0.15, 0.2) is 0 Å². The van der Waals surface area contributed by atoms with E-state index in [0.29, 0.717) is 5.56 Å². The standard InChI is InChI=1S/C20H23N3O8S/c1-11(24)17-15-9-16(32(30)8-7-21-12(2)25)18(22(15)19(17)26)20(27)31-10-13-3-5-14(6-4-13)23(28)29/h3-6,11,15,17,24H,7-10H2,1-2H3,(H,21,25)/t11-,15+,17-,32?/m0/s1. The molecule has 0 spiro atoms. The van der Waals surface area contributed by atoms with Gasteiger partial charge in [-0.05, 0) is 24.6 Å². The van der Waals surface area contributed by atoms with Crippen molar-refractivity contribution in [2.75, 3.05) is 12.3 Å². The lowest BCUT2D eigenvalue weighted by atomic mass is 9.83. The number of amides is 2. The zero-order valence-corrected chi connectivity index (χ0v) is 18.3. The Labute approximate surface area is 186 Å². The summed E-state index contributed by atoms with van der Waals surface area (Å²) in [7, 11) is -1.65. The van der Waals surface area contributed by atoms with Gasteiger partial charge in [-0.1, -0.05) is 0 Å². The molecule has 1 aromatic rings. The average molecular weight is 465 g/mol. The van der Waals surface area contributed by atoms with Crippen LogP contribution in [-0.2, 0) is 36.5 Å². The lowest BCUT2D eigenvalue weighted by molar-refractivity contribution is -0.384. The third-order valence-electron chi connectivity index (χ3n) is 5.33. The van der Waals surface area contributed by atoms with E-state index in [4.69, 9.17) is 4.74 Å². The first-order chi connectivity index (χ1) is 15.1. The number of hydrogen-bond donors (Lipinski definition) is 2. The van der Waals surface area contributed by atoms with Gasteiger partial charge in [-0.15, -0.1) is 0 Å². The molecule has 2 aliphatic heterocycles. The summed E-state index contributed by atoms with van der Waals surface area (Å²) < 4.78 is 18.2. The van der Waals surface area contributed by atoms with Gasteiger partial charge in [0.05, 0.1) is 33.8 Å². The van der Waals surface area contributed by atoms with Crippen LogP contribution in [0.2, 0.25) is 0 Å². The number of carbonyl (C=O) groups excluding carboxylic acids is 3. The molecule has 0 bridgehead atoms. The zero-order valence-electron chi connectivity index (χ0n) is 17.5. The molecule has 2 N–H and O–H groups in total. The quantitative estimate of drug-likeness (QED) is 0.229. The second kappa shape index (κ2) is 9.57. The molecule has 1 aromatic carbocycles. The highest BCUT2D eigenvalue weighted by Crippen LogP contribution is 2.45. The summed E-state index contributed by atoms with van der Waals surface area (Å²) in [5.41, 5.74) is 0.304. The van der Waals surface area contributed by atoms with E-state index in [0.717, 1.165) is 0 Å². The average Bonchev–Trinajstić information content (AvgIpc) is 3.06. The van der Waals surface area contributed by atoms with E-state index < -0.39 is 45.7 Å². The number of nitrogens with zero attached hydrogens (tertiary/aromatic N) is 2. The van der Waals surface area contributed by atoms with Crippen LogP contribution in [0.4, 0.5) is 5.69 Å². The second-order valence-electron chi connectivity index (χ2n) is 7.55. The molecule has 12 heteroatoms. The second-order valence-corrected chi connectivity index (χ2v) is 9.14. The molecular weight excluding hydrogens is 442 g/mol. The molecule has 1 unspecified atom stereocenters. The van der Waals surface area contributed by atoms with Gasteiger partial charge in [0.1, 0.15) is 12.3 Å². The number of benzene rings is 1. The van der Waals surface area contributed by atoms with E-state index in [1.807, 2.05) is 0 Å². The van der Waals surface area contributed by atoms with Gasteiger partial charge in [0, 0.05) is 42.7 Å². The Balaban J connectivity index is 1.76. The van der Waals surface area contributed by atoms with E-state index in [2.05, 4.69) is 5.32 Å². The molecule has 2 aliphatic rings. The highest BCUT2D eigenvalue weighted by molar-refractivity contribution is 7.89. The maximum atomic E-state index is 12.9. The number of aliphatic hydroxyl groups is 1. The predicted octanol–water partition coefficient (Wildman–Crippen LogP) is 0.346. The van der Waals surface area contributed by atoms with Crippen molar-refractivity contribution in [1.82, 2.24) is 10.2 Å². The number of nitro groups is 1. The molecule has 0 aromatic heterocycles. The van der Waals surface area contributed by atoms with Crippen molar-refractivity contribution in [2.45, 2.75) is 39.0 Å². The van der Waals surface area contributed by atoms with Crippen LogP contribution in [0, 0.1) is 16.0 Å². The summed E-state index contributed by atoms with van der Waals surface area (Å²) in [4.78, 5) is 48.1. The number of hydrogen-bond acceptors (Lipinski definition) is 8. The van der Waals surface area contributed by atoms with Crippen LogP contribution in [0.15, 0.2) is 34.9 Å². The smallest absolute Gasteiger partial charge is 0.356 e. The number of β-lactam (4-membered cyclic amide) rings is 1. The van der Waals surface area contributed by atoms with Crippen molar-refractivity contribution >= 4 is 34.3 Å². The number of esters is 1. The fraction of sp³-hybridized carbons (Fsp3) is 0.450. The first-order valence-electron chi connectivity index (χ1n) is 9.89. The molecular formula is C20H23N3O8S. The summed E-state index contributed by atoms with van der Waals surface area (Å²) >= 11 is 0. The van der Waals surface area contributed by atoms with Crippen LogP contribution in [0.3, 0.4) is 0 Å². The molecule has 2 heterocycles. The molecule has 1 saturated heterocycles. The van der Waals surface area contributed by atoms with Gasteiger partial charge < -0.3 is 20.1 Å². The monoisotopic (exact) mass is 465 g/mol. The molecule has 4 atom stereocenters. The van der Waals surface area contributed by atoms with Crippen LogP contribution in [-0.4, -0.2) is 61.4 Å². The van der Waals surface area contributed by atoms with Crippen LogP contribution >= 0.6 is 0 Å². The van der Waals surface area contributed by atoms with Crippen molar-refractivity contribution in [3.05, 3.63) is 50.5 Å². The molecule has 2 amide bonds. The number of rotatable bonds is 9. The van der Waals surface area contributed by atoms with Gasteiger partial charge in [0.2, 0.25) is 11.8 Å². The van der Waals surface area contributed by atoms with E-state index in [1.165, 1.54) is 43.0 Å². The van der Waals surface area contributed by atoms with Crippen molar-refractivity contribution < 1.29 is 33.4 Å². The normalized spacial score (nSPS) is 21.5. The van der Waals surface area contributed by atoms with E-state index in [1.54, 1.807) is 0 Å². The summed E-state index contributed by atoms with van der Waals surface area (Å²) in [6.45, 7) is 2.75. The molecule has 1 fully saturated rings. The molecule has 3 rings (SSSR count). The van der Waals surface area contributed by atoms with E-state index in [-0.39, 0.29) is 47.5 Å². The van der Waals surface area contributed by atoms with Gasteiger partial charge in [0.25, 0.3) is 5.69 Å². The Kier molecular flexibility index (Phi) is 7.04. The number of nitrogens with one attached hydrogen (secondary N) is 1. The summed E-state index contributed by atoms with van der Waals surface area (Å²) in [5.74, 6) is -2.20. The zero-order chi connectivity index (χ0) is 23.6. The number of ether oxygens (including phenoxy) is 1. The van der Waals surface area contributed by atoms with Crippen LogP contribution < -0.4 is 5.32 Å². The largest absolute Gasteiger partial charge is 0.456 e. The Morgan fingerprint density at radius 3 is 2.59 bits per heavy atom. The first kappa shape index (κ1) is 23.5. The van der Waals surface area contributed by atoms with E-state index in [9.17, 15) is 33.8 Å². The van der Waals surface area contributed by atoms with Crippen molar-refractivity contribution in [1.29, 1.82) is 0 Å². The van der Waals surface area contributed by atoms with Gasteiger partial charge >= 0.3 is 5.97 Å². The van der Waals surface area contributed by atoms with Crippen LogP contribution in [0.25, 0.3) is 0 Å². The third-order valence-corrected chi connectivity index (χ3v) is 6.82. The SMILES string of the molecule is CC(=O)NCCS(=O)C1=C(C(=O)OCc2ccc([N+](=O)[O-])cc2)N2C(=O)[C@@H]([C@H](C)O)[C@H]2C1. The van der Waals surface area contributed by atoms with Crippen molar-refractivity contribution in [3.63, 3.8) is 0 Å². The van der Waals surface area contributed by atoms with Gasteiger partial charge in [-0.3, -0.25) is 23.9 Å². The number of fused-ring (bicyclic) bond motifs is 1. The highest BCUT2D eigenvalue weighted by atomic mass is 32.2. The topological polar surface area (TPSA) is 156 Å². The Bertz CT molecular complexity index is 1000. The molecule has 0 saturated carbocycles. The van der Waals surface area contributed by atoms with Crippen molar-refractivity contribution in [3.8, 4) is 0 Å². The minimum Gasteiger partial charge on any atom is -0.456 e.